The van der Waals surface area contributed by atoms with E-state index < -0.39 is 0 Å². The van der Waals surface area contributed by atoms with Gasteiger partial charge in [0.05, 0.1) is 6.04 Å². The van der Waals surface area contributed by atoms with Crippen LogP contribution in [-0.2, 0) is 0 Å². The molecule has 0 aliphatic heterocycles. The van der Waals surface area contributed by atoms with E-state index in [0.29, 0.717) is 6.04 Å². The van der Waals surface area contributed by atoms with E-state index in [1.54, 1.807) is 0 Å². The minimum atomic E-state index is 0.308. The molecule has 92 valence electrons. The van der Waals surface area contributed by atoms with Crippen LogP contribution >= 0.6 is 11.8 Å². The maximum Gasteiger partial charge on any atom is 0.134 e. The summed E-state index contributed by atoms with van der Waals surface area (Å²) >= 11 is 1.84. The fourth-order valence-electron chi connectivity index (χ4n) is 2.01. The lowest BCUT2D eigenvalue weighted by atomic mass is 10.1. The first kappa shape index (κ1) is 12.5. The van der Waals surface area contributed by atoms with Crippen molar-refractivity contribution in [2.75, 3.05) is 18.6 Å². The van der Waals surface area contributed by atoms with Crippen molar-refractivity contribution in [3.05, 3.63) is 35.6 Å². The Hall–Kier alpha value is -0.930. The Morgan fingerprint density at radius 1 is 1.35 bits per heavy atom. The number of hydrogen-bond acceptors (Lipinski definition) is 3. The van der Waals surface area contributed by atoms with Crippen LogP contribution in [0.1, 0.15) is 24.3 Å². The molecule has 0 saturated heterocycles. The van der Waals surface area contributed by atoms with Gasteiger partial charge in [-0.3, -0.25) is 0 Å². The molecule has 3 heteroatoms. The van der Waals surface area contributed by atoms with Gasteiger partial charge in [0.2, 0.25) is 0 Å². The summed E-state index contributed by atoms with van der Waals surface area (Å²) < 4.78 is 5.91. The number of thioether (sulfide) groups is 1. The first-order valence-electron chi connectivity index (χ1n) is 5.97. The van der Waals surface area contributed by atoms with Crippen LogP contribution in [0.5, 0.6) is 0 Å². The summed E-state index contributed by atoms with van der Waals surface area (Å²) in [6.07, 6.45) is 2.12. The van der Waals surface area contributed by atoms with E-state index in [9.17, 15) is 0 Å². The molecule has 1 aromatic carbocycles. The second-order valence-electron chi connectivity index (χ2n) is 4.26. The van der Waals surface area contributed by atoms with Crippen LogP contribution in [0.25, 0.3) is 11.0 Å². The highest BCUT2D eigenvalue weighted by Crippen LogP contribution is 2.26. The zero-order chi connectivity index (χ0) is 12.3. The van der Waals surface area contributed by atoms with Gasteiger partial charge in [0.25, 0.3) is 0 Å². The Morgan fingerprint density at radius 3 is 2.88 bits per heavy atom. The summed E-state index contributed by atoms with van der Waals surface area (Å²) in [5, 5.41) is 4.66. The van der Waals surface area contributed by atoms with Crippen molar-refractivity contribution in [3.63, 3.8) is 0 Å². The van der Waals surface area contributed by atoms with Gasteiger partial charge in [0.1, 0.15) is 11.3 Å². The van der Waals surface area contributed by atoms with Crippen molar-refractivity contribution in [2.45, 2.75) is 19.9 Å². The summed E-state index contributed by atoms with van der Waals surface area (Å²) in [4.78, 5) is 0. The SMILES string of the molecule is CCNC(CSC)c1cc2cc(C)ccc2o1. The van der Waals surface area contributed by atoms with Crippen molar-refractivity contribution in [2.24, 2.45) is 0 Å². The predicted octanol–water partition coefficient (Wildman–Crippen LogP) is 3.75. The highest BCUT2D eigenvalue weighted by Gasteiger charge is 2.14. The quantitative estimate of drug-likeness (QED) is 0.873. The summed E-state index contributed by atoms with van der Waals surface area (Å²) in [7, 11) is 0. The Balaban J connectivity index is 2.33. The molecule has 2 rings (SSSR count). The van der Waals surface area contributed by atoms with E-state index in [2.05, 4.69) is 49.7 Å². The third kappa shape index (κ3) is 2.85. The molecule has 1 N–H and O–H groups in total. The first-order chi connectivity index (χ1) is 8.24. The van der Waals surface area contributed by atoms with Crippen LogP contribution in [0.4, 0.5) is 0 Å². The first-order valence-corrected chi connectivity index (χ1v) is 7.36. The van der Waals surface area contributed by atoms with Gasteiger partial charge in [-0.25, -0.2) is 0 Å². The van der Waals surface area contributed by atoms with E-state index in [1.807, 2.05) is 11.8 Å². The van der Waals surface area contributed by atoms with E-state index in [0.717, 1.165) is 23.6 Å². The lowest BCUT2D eigenvalue weighted by Gasteiger charge is -2.13. The second-order valence-corrected chi connectivity index (χ2v) is 5.17. The van der Waals surface area contributed by atoms with Gasteiger partial charge in [0.15, 0.2) is 0 Å². The standard InChI is InChI=1S/C14H19NOS/c1-4-15-12(9-17-3)14-8-11-7-10(2)5-6-13(11)16-14/h5-8,12,15H,4,9H2,1-3H3. The monoisotopic (exact) mass is 249 g/mol. The summed E-state index contributed by atoms with van der Waals surface area (Å²) in [6.45, 7) is 5.19. The lowest BCUT2D eigenvalue weighted by molar-refractivity contribution is 0.464. The Bertz CT molecular complexity index is 486. The molecule has 2 nitrogen and oxygen atoms in total. The minimum Gasteiger partial charge on any atom is -0.459 e. The molecule has 0 aliphatic rings. The molecule has 1 unspecified atom stereocenters. The molecule has 0 radical (unpaired) electrons. The van der Waals surface area contributed by atoms with Crippen LogP contribution in [-0.4, -0.2) is 18.6 Å². The molecule has 1 heterocycles. The highest BCUT2D eigenvalue weighted by atomic mass is 32.2. The molecule has 1 atom stereocenters. The molecular formula is C14H19NOS. The van der Waals surface area contributed by atoms with Crippen molar-refractivity contribution in [3.8, 4) is 0 Å². The Kier molecular flexibility index (Phi) is 4.13. The van der Waals surface area contributed by atoms with E-state index in [-0.39, 0.29) is 0 Å². The second kappa shape index (κ2) is 5.61. The maximum absolute atomic E-state index is 5.91. The number of rotatable bonds is 5. The lowest BCUT2D eigenvalue weighted by Crippen LogP contribution is -2.22. The van der Waals surface area contributed by atoms with Crippen LogP contribution in [0.2, 0.25) is 0 Å². The number of furan rings is 1. The fraction of sp³-hybridized carbons (Fsp3) is 0.429. The third-order valence-corrected chi connectivity index (χ3v) is 3.48. The van der Waals surface area contributed by atoms with Crippen LogP contribution in [0, 0.1) is 6.92 Å². The number of aryl methyl sites for hydroxylation is 1. The van der Waals surface area contributed by atoms with Crippen molar-refractivity contribution in [1.29, 1.82) is 0 Å². The van der Waals surface area contributed by atoms with Crippen LogP contribution in [0.15, 0.2) is 28.7 Å². The molecule has 0 fully saturated rings. The number of hydrogen-bond donors (Lipinski definition) is 1. The fourth-order valence-corrected chi connectivity index (χ4v) is 2.63. The van der Waals surface area contributed by atoms with Gasteiger partial charge in [-0.05, 0) is 37.9 Å². The van der Waals surface area contributed by atoms with Gasteiger partial charge < -0.3 is 9.73 Å². The van der Waals surface area contributed by atoms with E-state index in [4.69, 9.17) is 4.42 Å². The van der Waals surface area contributed by atoms with E-state index >= 15 is 0 Å². The highest BCUT2D eigenvalue weighted by molar-refractivity contribution is 7.98. The smallest absolute Gasteiger partial charge is 0.134 e. The third-order valence-electron chi connectivity index (χ3n) is 2.82. The normalized spacial score (nSPS) is 13.1. The Morgan fingerprint density at radius 2 is 2.18 bits per heavy atom. The minimum absolute atomic E-state index is 0.308. The molecule has 0 spiro atoms. The van der Waals surface area contributed by atoms with Gasteiger partial charge in [-0.15, -0.1) is 0 Å². The topological polar surface area (TPSA) is 25.2 Å². The van der Waals surface area contributed by atoms with Gasteiger partial charge in [-0.2, -0.15) is 11.8 Å². The van der Waals surface area contributed by atoms with E-state index in [1.165, 1.54) is 10.9 Å². The number of benzene rings is 1. The average molecular weight is 249 g/mol. The predicted molar refractivity (Wildman–Crippen MR) is 75.8 cm³/mol. The van der Waals surface area contributed by atoms with Crippen LogP contribution < -0.4 is 5.32 Å². The molecule has 0 amide bonds. The molecular weight excluding hydrogens is 230 g/mol. The summed E-state index contributed by atoms with van der Waals surface area (Å²) in [6, 6.07) is 8.78. The Labute approximate surface area is 107 Å². The molecule has 0 saturated carbocycles. The van der Waals surface area contributed by atoms with Crippen molar-refractivity contribution in [1.82, 2.24) is 5.32 Å². The molecule has 17 heavy (non-hydrogen) atoms. The number of fused-ring (bicyclic) bond motifs is 1. The number of nitrogens with one attached hydrogen (secondary N) is 1. The zero-order valence-corrected chi connectivity index (χ0v) is 11.4. The zero-order valence-electron chi connectivity index (χ0n) is 10.6. The largest absolute Gasteiger partial charge is 0.459 e. The van der Waals surface area contributed by atoms with Gasteiger partial charge in [0, 0.05) is 11.1 Å². The maximum atomic E-state index is 5.91. The average Bonchev–Trinajstić information content (AvgIpc) is 2.71. The molecule has 0 aliphatic carbocycles. The molecule has 1 aromatic heterocycles. The molecule has 2 aromatic rings. The van der Waals surface area contributed by atoms with Crippen LogP contribution in [0.3, 0.4) is 0 Å². The molecule has 0 bridgehead atoms. The van der Waals surface area contributed by atoms with Gasteiger partial charge in [-0.1, -0.05) is 18.6 Å². The van der Waals surface area contributed by atoms with Gasteiger partial charge >= 0.3 is 0 Å². The van der Waals surface area contributed by atoms with Crippen molar-refractivity contribution >= 4 is 22.7 Å². The van der Waals surface area contributed by atoms with Crippen molar-refractivity contribution < 1.29 is 4.42 Å². The summed E-state index contributed by atoms with van der Waals surface area (Å²) in [5.74, 6) is 2.08. The summed E-state index contributed by atoms with van der Waals surface area (Å²) in [5.41, 5.74) is 2.25.